The highest BCUT2D eigenvalue weighted by Gasteiger charge is 1.88. The molecule has 0 bridgehead atoms. The van der Waals surface area contributed by atoms with Crippen molar-refractivity contribution in [3.63, 3.8) is 0 Å². The van der Waals surface area contributed by atoms with Crippen molar-refractivity contribution in [2.75, 3.05) is 0 Å². The van der Waals surface area contributed by atoms with Crippen LogP contribution in [0.5, 0.6) is 0 Å². The Hall–Kier alpha value is -0.520. The molecule has 0 heterocycles. The van der Waals surface area contributed by atoms with Crippen LogP contribution in [0.25, 0.3) is 0 Å². The minimum absolute atomic E-state index is 1.21. The zero-order chi connectivity index (χ0) is 11.3. The molecule has 0 saturated heterocycles. The van der Waals surface area contributed by atoms with Crippen LogP contribution >= 0.6 is 0 Å². The second kappa shape index (κ2) is 17.5. The Morgan fingerprint density at radius 3 is 1.23 bits per heavy atom. The summed E-state index contributed by atoms with van der Waals surface area (Å²) in [6.07, 6.45) is 4.17. The summed E-state index contributed by atoms with van der Waals surface area (Å²) < 4.78 is 0. The van der Waals surface area contributed by atoms with E-state index in [4.69, 9.17) is 0 Å². The van der Waals surface area contributed by atoms with Crippen LogP contribution in [0.1, 0.15) is 61.3 Å². The third kappa shape index (κ3) is 18.4. The third-order valence-electron chi connectivity index (χ3n) is 1.79. The van der Waals surface area contributed by atoms with Crippen LogP contribution in [0.15, 0.2) is 23.8 Å². The summed E-state index contributed by atoms with van der Waals surface area (Å²) in [7, 11) is 0. The Labute approximate surface area is 85.8 Å². The van der Waals surface area contributed by atoms with Crippen LogP contribution in [-0.4, -0.2) is 0 Å². The summed E-state index contributed by atoms with van der Waals surface area (Å²) in [5.74, 6) is 0. The van der Waals surface area contributed by atoms with Crippen molar-refractivity contribution in [3.05, 3.63) is 23.8 Å². The standard InChI is InChI=1S/C8H16.C3H6.C2H6/c1-5-7(3)8(4)6-2;1-3-2;1-2/h5-6H2,1-4H3;3H,1H2,2H3;1-2H3/b8-7-;;. The Bertz CT molecular complexity index is 106. The number of hydrogen-bond donors (Lipinski definition) is 0. The monoisotopic (exact) mass is 184 g/mol. The number of rotatable bonds is 2. The predicted molar refractivity (Wildman–Crippen MR) is 66.2 cm³/mol. The molecule has 0 nitrogen and oxygen atoms in total. The Balaban J connectivity index is -0.000000169. The van der Waals surface area contributed by atoms with Crippen LogP contribution in [0, 0.1) is 0 Å². The molecule has 0 saturated carbocycles. The highest BCUT2D eigenvalue weighted by Crippen LogP contribution is 2.09. The molecule has 0 aromatic heterocycles. The second-order valence-corrected chi connectivity index (χ2v) is 2.68. The van der Waals surface area contributed by atoms with E-state index in [-0.39, 0.29) is 0 Å². The Morgan fingerprint density at radius 2 is 1.15 bits per heavy atom. The summed E-state index contributed by atoms with van der Waals surface area (Å²) >= 11 is 0. The molecule has 0 N–H and O–H groups in total. The molecule has 0 fully saturated rings. The quantitative estimate of drug-likeness (QED) is 0.507. The maximum atomic E-state index is 3.36. The van der Waals surface area contributed by atoms with E-state index in [0.29, 0.717) is 0 Å². The van der Waals surface area contributed by atoms with Crippen LogP contribution in [-0.2, 0) is 0 Å². The lowest BCUT2D eigenvalue weighted by atomic mass is 10.1. The summed E-state index contributed by atoms with van der Waals surface area (Å²) in [5, 5.41) is 0. The highest BCUT2D eigenvalue weighted by molar-refractivity contribution is 5.07. The predicted octanol–water partition coefficient (Wildman–Crippen LogP) is 5.36. The van der Waals surface area contributed by atoms with Gasteiger partial charge in [-0.3, -0.25) is 0 Å². The van der Waals surface area contributed by atoms with Crippen molar-refractivity contribution in [1.29, 1.82) is 0 Å². The van der Waals surface area contributed by atoms with Gasteiger partial charge in [0.05, 0.1) is 0 Å². The first kappa shape index (κ1) is 18.3. The molecule has 0 atom stereocenters. The lowest BCUT2D eigenvalue weighted by molar-refractivity contribution is 0.985. The maximum absolute atomic E-state index is 3.36. The average molecular weight is 184 g/mol. The molecule has 0 radical (unpaired) electrons. The van der Waals surface area contributed by atoms with Gasteiger partial charge in [-0.25, -0.2) is 0 Å². The molecule has 0 spiro atoms. The van der Waals surface area contributed by atoms with Gasteiger partial charge < -0.3 is 0 Å². The van der Waals surface area contributed by atoms with Gasteiger partial charge in [0, 0.05) is 0 Å². The van der Waals surface area contributed by atoms with E-state index in [1.54, 1.807) is 17.2 Å². The molecule has 0 heteroatoms. The minimum Gasteiger partial charge on any atom is -0.103 e. The van der Waals surface area contributed by atoms with Crippen LogP contribution < -0.4 is 0 Å². The first-order valence-corrected chi connectivity index (χ1v) is 5.36. The van der Waals surface area contributed by atoms with Crippen molar-refractivity contribution in [1.82, 2.24) is 0 Å². The van der Waals surface area contributed by atoms with E-state index in [0.717, 1.165) is 0 Å². The topological polar surface area (TPSA) is 0 Å². The number of hydrogen-bond acceptors (Lipinski definition) is 0. The molecular weight excluding hydrogens is 156 g/mol. The van der Waals surface area contributed by atoms with Gasteiger partial charge in [0.25, 0.3) is 0 Å². The highest BCUT2D eigenvalue weighted by atomic mass is 13.9. The molecule has 0 rings (SSSR count). The second-order valence-electron chi connectivity index (χ2n) is 2.68. The van der Waals surface area contributed by atoms with E-state index in [9.17, 15) is 0 Å². The molecule has 0 aliphatic carbocycles. The molecule has 0 amide bonds. The lowest BCUT2D eigenvalue weighted by Gasteiger charge is -1.99. The Kier molecular flexibility index (Phi) is 24.7. The maximum Gasteiger partial charge on any atom is -0.0349 e. The zero-order valence-electron chi connectivity index (χ0n) is 10.7. The fourth-order valence-corrected chi connectivity index (χ4v) is 0.604. The molecule has 80 valence electrons. The van der Waals surface area contributed by atoms with E-state index < -0.39 is 0 Å². The summed E-state index contributed by atoms with van der Waals surface area (Å²) in [4.78, 5) is 0. The van der Waals surface area contributed by atoms with Crippen LogP contribution in [0.4, 0.5) is 0 Å². The van der Waals surface area contributed by atoms with E-state index in [2.05, 4.69) is 34.3 Å². The van der Waals surface area contributed by atoms with Gasteiger partial charge >= 0.3 is 0 Å². The van der Waals surface area contributed by atoms with Gasteiger partial charge in [0.1, 0.15) is 0 Å². The fraction of sp³-hybridized carbons (Fsp3) is 0.692. The van der Waals surface area contributed by atoms with E-state index in [1.807, 2.05) is 20.8 Å². The van der Waals surface area contributed by atoms with Gasteiger partial charge in [-0.1, -0.05) is 44.9 Å². The fourth-order valence-electron chi connectivity index (χ4n) is 0.604. The van der Waals surface area contributed by atoms with Crippen LogP contribution in [0.3, 0.4) is 0 Å². The normalized spacial score (nSPS) is 9.77. The van der Waals surface area contributed by atoms with Gasteiger partial charge in [0.15, 0.2) is 0 Å². The molecule has 0 aliphatic heterocycles. The summed E-state index contributed by atoms with van der Waals surface area (Å²) in [5.41, 5.74) is 3.10. The molecule has 0 aromatic carbocycles. The van der Waals surface area contributed by atoms with E-state index in [1.165, 1.54) is 12.8 Å². The molecule has 0 aromatic rings. The average Bonchev–Trinajstić information content (AvgIpc) is 2.19. The lowest BCUT2D eigenvalue weighted by Crippen LogP contribution is -1.78. The molecule has 0 aliphatic rings. The number of allylic oxidation sites excluding steroid dienone is 3. The molecule has 0 unspecified atom stereocenters. The summed E-state index contributed by atoms with van der Waals surface area (Å²) in [6.45, 7) is 18.1. The van der Waals surface area contributed by atoms with Crippen molar-refractivity contribution >= 4 is 0 Å². The minimum atomic E-state index is 1.21. The molecular formula is C13H28. The summed E-state index contributed by atoms with van der Waals surface area (Å²) in [6, 6.07) is 0. The van der Waals surface area contributed by atoms with Crippen molar-refractivity contribution in [3.8, 4) is 0 Å². The van der Waals surface area contributed by atoms with Crippen molar-refractivity contribution in [2.24, 2.45) is 0 Å². The van der Waals surface area contributed by atoms with Crippen molar-refractivity contribution < 1.29 is 0 Å². The Morgan fingerprint density at radius 1 is 1.00 bits per heavy atom. The largest absolute Gasteiger partial charge is 0.103 e. The van der Waals surface area contributed by atoms with Gasteiger partial charge in [0.2, 0.25) is 0 Å². The first-order chi connectivity index (χ1) is 6.13. The zero-order valence-corrected chi connectivity index (χ0v) is 10.7. The third-order valence-corrected chi connectivity index (χ3v) is 1.79. The smallest absolute Gasteiger partial charge is 0.0349 e. The van der Waals surface area contributed by atoms with Gasteiger partial charge in [-0.15, -0.1) is 6.58 Å². The first-order valence-electron chi connectivity index (χ1n) is 5.36. The van der Waals surface area contributed by atoms with Crippen LogP contribution in [0.2, 0.25) is 0 Å². The van der Waals surface area contributed by atoms with E-state index >= 15 is 0 Å². The SMILES string of the molecule is C=CC.CC.CC/C(C)=C(/C)CC. The van der Waals surface area contributed by atoms with Gasteiger partial charge in [-0.2, -0.15) is 0 Å². The van der Waals surface area contributed by atoms with Gasteiger partial charge in [-0.05, 0) is 33.6 Å². The molecule has 13 heavy (non-hydrogen) atoms. The van der Waals surface area contributed by atoms with Crippen molar-refractivity contribution in [2.45, 2.75) is 61.3 Å².